The normalized spacial score (nSPS) is 10.2. The molecule has 0 aliphatic heterocycles. The van der Waals surface area contributed by atoms with Crippen molar-refractivity contribution in [2.75, 3.05) is 19.5 Å². The summed E-state index contributed by atoms with van der Waals surface area (Å²) in [5.41, 5.74) is 0.699. The summed E-state index contributed by atoms with van der Waals surface area (Å²) in [6.45, 7) is 0.521. The number of halogens is 1. The molecule has 20 heavy (non-hydrogen) atoms. The summed E-state index contributed by atoms with van der Waals surface area (Å²) >= 11 is 7.34. The van der Waals surface area contributed by atoms with E-state index in [-0.39, 0.29) is 6.03 Å². The van der Waals surface area contributed by atoms with Gasteiger partial charge in [0.05, 0.1) is 18.0 Å². The van der Waals surface area contributed by atoms with Crippen LogP contribution in [0.25, 0.3) is 0 Å². The highest BCUT2D eigenvalue weighted by Crippen LogP contribution is 2.23. The minimum Gasteiger partial charge on any atom is -0.497 e. The molecule has 0 saturated carbocycles. The van der Waals surface area contributed by atoms with Crippen LogP contribution in [-0.4, -0.2) is 25.1 Å². The van der Waals surface area contributed by atoms with Crippen molar-refractivity contribution < 1.29 is 9.53 Å². The van der Waals surface area contributed by atoms with Crippen LogP contribution in [0.3, 0.4) is 0 Å². The van der Waals surface area contributed by atoms with E-state index in [2.05, 4.69) is 5.32 Å². The third-order valence-corrected chi connectivity index (χ3v) is 3.91. The number of nitrogens with one attached hydrogen (secondary N) is 1. The van der Waals surface area contributed by atoms with Gasteiger partial charge in [-0.05, 0) is 24.3 Å². The molecule has 0 spiro atoms. The van der Waals surface area contributed by atoms with E-state index in [4.69, 9.17) is 16.3 Å². The van der Waals surface area contributed by atoms with Gasteiger partial charge >= 0.3 is 6.03 Å². The Bertz CT molecular complexity index is 600. The fourth-order valence-electron chi connectivity index (χ4n) is 1.66. The van der Waals surface area contributed by atoms with Crippen molar-refractivity contribution in [3.63, 3.8) is 0 Å². The molecule has 0 atom stereocenters. The van der Waals surface area contributed by atoms with Crippen LogP contribution < -0.4 is 10.1 Å². The highest BCUT2D eigenvalue weighted by atomic mass is 35.5. The number of urea groups is 1. The Labute approximate surface area is 126 Å². The lowest BCUT2D eigenvalue weighted by atomic mass is 10.3. The van der Waals surface area contributed by atoms with Crippen LogP contribution in [0.15, 0.2) is 36.4 Å². The Hall–Kier alpha value is -1.72. The molecule has 0 aliphatic carbocycles. The molecular weight excluding hydrogens is 296 g/mol. The van der Waals surface area contributed by atoms with Gasteiger partial charge in [0.25, 0.3) is 0 Å². The standard InChI is InChI=1S/C14H15ClN2O2S/c1-17(9-12-6-7-13(15)20-12)14(18)16-10-4-3-5-11(8-10)19-2/h3-8H,9H2,1-2H3,(H,16,18). The average molecular weight is 311 g/mol. The fourth-order valence-corrected chi connectivity index (χ4v) is 2.80. The predicted octanol–water partition coefficient (Wildman–Crippen LogP) is 4.07. The van der Waals surface area contributed by atoms with Crippen LogP contribution in [-0.2, 0) is 6.54 Å². The van der Waals surface area contributed by atoms with E-state index in [9.17, 15) is 4.79 Å². The minimum atomic E-state index is -0.178. The van der Waals surface area contributed by atoms with Gasteiger partial charge in [-0.25, -0.2) is 4.79 Å². The summed E-state index contributed by atoms with van der Waals surface area (Å²) in [5, 5.41) is 2.82. The molecule has 2 amide bonds. The molecule has 0 saturated heterocycles. The molecule has 1 N–H and O–H groups in total. The van der Waals surface area contributed by atoms with Gasteiger partial charge in [-0.15, -0.1) is 11.3 Å². The third-order valence-electron chi connectivity index (χ3n) is 2.69. The molecule has 4 nitrogen and oxygen atoms in total. The Kier molecular flexibility index (Phi) is 4.87. The number of carbonyl (C=O) groups excluding carboxylic acids is 1. The van der Waals surface area contributed by atoms with E-state index in [0.717, 1.165) is 9.21 Å². The molecule has 1 heterocycles. The van der Waals surface area contributed by atoms with E-state index >= 15 is 0 Å². The first kappa shape index (κ1) is 14.7. The van der Waals surface area contributed by atoms with Crippen molar-refractivity contribution >= 4 is 34.7 Å². The number of carbonyl (C=O) groups is 1. The predicted molar refractivity (Wildman–Crippen MR) is 82.8 cm³/mol. The molecule has 1 aromatic carbocycles. The lowest BCUT2D eigenvalue weighted by Gasteiger charge is -2.17. The Morgan fingerprint density at radius 3 is 2.85 bits per heavy atom. The van der Waals surface area contributed by atoms with Crippen LogP contribution in [0.4, 0.5) is 10.5 Å². The van der Waals surface area contributed by atoms with Crippen molar-refractivity contribution in [1.29, 1.82) is 0 Å². The molecule has 0 radical (unpaired) electrons. The molecule has 106 valence electrons. The second-order valence-electron chi connectivity index (χ2n) is 4.22. The van der Waals surface area contributed by atoms with Crippen molar-refractivity contribution in [3.8, 4) is 5.75 Å². The second kappa shape index (κ2) is 6.63. The van der Waals surface area contributed by atoms with Gasteiger partial charge in [0.1, 0.15) is 5.75 Å². The number of anilines is 1. The van der Waals surface area contributed by atoms with Gasteiger partial charge in [-0.2, -0.15) is 0 Å². The van der Waals surface area contributed by atoms with Gasteiger partial charge in [-0.3, -0.25) is 0 Å². The molecule has 0 bridgehead atoms. The number of thiophene rings is 1. The molecule has 2 rings (SSSR count). The van der Waals surface area contributed by atoms with Crippen LogP contribution in [0.1, 0.15) is 4.88 Å². The van der Waals surface area contributed by atoms with Gasteiger partial charge in [0, 0.05) is 23.7 Å². The Morgan fingerprint density at radius 2 is 2.20 bits per heavy atom. The van der Waals surface area contributed by atoms with Crippen LogP contribution >= 0.6 is 22.9 Å². The number of nitrogens with zero attached hydrogens (tertiary/aromatic N) is 1. The molecule has 0 aliphatic rings. The van der Waals surface area contributed by atoms with E-state index in [1.54, 1.807) is 25.1 Å². The van der Waals surface area contributed by atoms with Gasteiger partial charge in [0.2, 0.25) is 0 Å². The molecule has 0 fully saturated rings. The number of hydrogen-bond acceptors (Lipinski definition) is 3. The van der Waals surface area contributed by atoms with E-state index < -0.39 is 0 Å². The molecular formula is C14H15ClN2O2S. The first-order chi connectivity index (χ1) is 9.58. The van der Waals surface area contributed by atoms with Gasteiger partial charge in [-0.1, -0.05) is 17.7 Å². The maximum atomic E-state index is 12.1. The summed E-state index contributed by atoms with van der Waals surface area (Å²) in [7, 11) is 3.33. The smallest absolute Gasteiger partial charge is 0.321 e. The molecule has 2 aromatic rings. The van der Waals surface area contributed by atoms with E-state index in [1.165, 1.54) is 11.3 Å². The summed E-state index contributed by atoms with van der Waals surface area (Å²) in [6, 6.07) is 10.8. The zero-order chi connectivity index (χ0) is 14.5. The lowest BCUT2D eigenvalue weighted by molar-refractivity contribution is 0.221. The largest absolute Gasteiger partial charge is 0.497 e. The number of ether oxygens (including phenoxy) is 1. The monoisotopic (exact) mass is 310 g/mol. The van der Waals surface area contributed by atoms with Crippen LogP contribution in [0, 0.1) is 0 Å². The number of benzene rings is 1. The number of hydrogen-bond donors (Lipinski definition) is 1. The number of amides is 2. The number of methoxy groups -OCH3 is 1. The van der Waals surface area contributed by atoms with Crippen molar-refractivity contribution in [2.24, 2.45) is 0 Å². The highest BCUT2D eigenvalue weighted by Gasteiger charge is 2.11. The summed E-state index contributed by atoms with van der Waals surface area (Å²) in [5.74, 6) is 0.704. The van der Waals surface area contributed by atoms with Crippen LogP contribution in [0.2, 0.25) is 4.34 Å². The topological polar surface area (TPSA) is 41.6 Å². The zero-order valence-corrected chi connectivity index (χ0v) is 12.8. The quantitative estimate of drug-likeness (QED) is 0.924. The minimum absolute atomic E-state index is 0.178. The summed E-state index contributed by atoms with van der Waals surface area (Å²) < 4.78 is 5.84. The summed E-state index contributed by atoms with van der Waals surface area (Å²) in [6.07, 6.45) is 0. The second-order valence-corrected chi connectivity index (χ2v) is 6.02. The lowest BCUT2D eigenvalue weighted by Crippen LogP contribution is -2.30. The third kappa shape index (κ3) is 3.88. The van der Waals surface area contributed by atoms with Gasteiger partial charge < -0.3 is 15.0 Å². The first-order valence-electron chi connectivity index (χ1n) is 5.99. The van der Waals surface area contributed by atoms with Gasteiger partial charge in [0.15, 0.2) is 0 Å². The maximum Gasteiger partial charge on any atom is 0.321 e. The van der Waals surface area contributed by atoms with Crippen molar-refractivity contribution in [2.45, 2.75) is 6.54 Å². The van der Waals surface area contributed by atoms with E-state index in [1.807, 2.05) is 30.3 Å². The average Bonchev–Trinajstić information content (AvgIpc) is 2.84. The van der Waals surface area contributed by atoms with Crippen LogP contribution in [0.5, 0.6) is 5.75 Å². The summed E-state index contributed by atoms with van der Waals surface area (Å²) in [4.78, 5) is 14.7. The number of rotatable bonds is 4. The SMILES string of the molecule is COc1cccc(NC(=O)N(C)Cc2ccc(Cl)s2)c1. The van der Waals surface area contributed by atoms with Crippen molar-refractivity contribution in [3.05, 3.63) is 45.6 Å². The maximum absolute atomic E-state index is 12.1. The molecule has 6 heteroatoms. The Morgan fingerprint density at radius 1 is 1.40 bits per heavy atom. The molecule has 1 aromatic heterocycles. The van der Waals surface area contributed by atoms with Crippen molar-refractivity contribution in [1.82, 2.24) is 4.90 Å². The van der Waals surface area contributed by atoms with E-state index in [0.29, 0.717) is 18.0 Å². The molecule has 0 unspecified atom stereocenters. The zero-order valence-electron chi connectivity index (χ0n) is 11.2. The highest BCUT2D eigenvalue weighted by molar-refractivity contribution is 7.16. The first-order valence-corrected chi connectivity index (χ1v) is 7.18. The fraction of sp³-hybridized carbons (Fsp3) is 0.214. The Balaban J connectivity index is 1.96.